The summed E-state index contributed by atoms with van der Waals surface area (Å²) in [5.41, 5.74) is 1.68. The number of nitrogens with one attached hydrogen (secondary N) is 3. The number of amides is 1. The van der Waals surface area contributed by atoms with Gasteiger partial charge in [-0.25, -0.2) is 15.8 Å². The van der Waals surface area contributed by atoms with Crippen LogP contribution >= 0.6 is 0 Å². The van der Waals surface area contributed by atoms with Crippen molar-refractivity contribution < 1.29 is 9.72 Å². The fourth-order valence-electron chi connectivity index (χ4n) is 1.21. The van der Waals surface area contributed by atoms with Crippen molar-refractivity contribution in [2.75, 3.05) is 23.8 Å². The summed E-state index contributed by atoms with van der Waals surface area (Å²) in [5, 5.41) is 16.0. The van der Waals surface area contributed by atoms with Crippen molar-refractivity contribution in [1.29, 1.82) is 0 Å². The quantitative estimate of drug-likeness (QED) is 0.294. The van der Waals surface area contributed by atoms with Crippen molar-refractivity contribution in [2.24, 2.45) is 5.84 Å². The highest BCUT2D eigenvalue weighted by Crippen LogP contribution is 2.27. The van der Waals surface area contributed by atoms with E-state index in [0.29, 0.717) is 6.54 Å². The summed E-state index contributed by atoms with van der Waals surface area (Å²) < 4.78 is 0. The summed E-state index contributed by atoms with van der Waals surface area (Å²) in [4.78, 5) is 28.7. The minimum atomic E-state index is -0.685. The summed E-state index contributed by atoms with van der Waals surface area (Å²) in [5.74, 6) is 4.60. The first kappa shape index (κ1) is 13.6. The number of aromatic nitrogens is 2. The maximum absolute atomic E-state index is 11.2. The molecule has 1 rings (SSSR count). The Hall–Kier alpha value is -2.49. The molecule has 0 unspecified atom stereocenters. The molecule has 18 heavy (non-hydrogen) atoms. The number of carbonyl (C=O) groups is 1. The van der Waals surface area contributed by atoms with Gasteiger partial charge in [-0.2, -0.15) is 0 Å². The molecule has 0 radical (unpaired) electrons. The van der Waals surface area contributed by atoms with Crippen LogP contribution in [0.15, 0.2) is 6.33 Å². The summed E-state index contributed by atoms with van der Waals surface area (Å²) in [7, 11) is 0. The second-order valence-electron chi connectivity index (χ2n) is 3.13. The minimum Gasteiger partial charge on any atom is -0.355 e. The molecule has 0 aromatic carbocycles. The predicted molar refractivity (Wildman–Crippen MR) is 63.7 cm³/mol. The molecule has 0 fully saturated rings. The number of nitrogens with zero attached hydrogens (tertiary/aromatic N) is 3. The Morgan fingerprint density at radius 2 is 2.17 bits per heavy atom. The van der Waals surface area contributed by atoms with E-state index in [4.69, 9.17) is 5.84 Å². The van der Waals surface area contributed by atoms with E-state index in [1.807, 2.05) is 0 Å². The van der Waals surface area contributed by atoms with Crippen LogP contribution in [-0.4, -0.2) is 33.9 Å². The van der Waals surface area contributed by atoms with Crippen molar-refractivity contribution in [3.63, 3.8) is 0 Å². The van der Waals surface area contributed by atoms with Gasteiger partial charge in [-0.3, -0.25) is 14.9 Å². The molecule has 10 nitrogen and oxygen atoms in total. The lowest BCUT2D eigenvalue weighted by Crippen LogP contribution is -2.30. The van der Waals surface area contributed by atoms with Crippen molar-refractivity contribution in [1.82, 2.24) is 15.3 Å². The molecule has 0 aliphatic carbocycles. The highest BCUT2D eigenvalue weighted by atomic mass is 16.6. The first-order valence-electron chi connectivity index (χ1n) is 5.06. The van der Waals surface area contributed by atoms with Crippen molar-refractivity contribution in [3.05, 3.63) is 16.4 Å². The largest absolute Gasteiger partial charge is 0.355 e. The third-order valence-electron chi connectivity index (χ3n) is 1.93. The molecule has 10 heteroatoms. The van der Waals surface area contributed by atoms with Crippen LogP contribution in [0.1, 0.15) is 6.92 Å². The van der Waals surface area contributed by atoms with Crippen molar-refractivity contribution >= 4 is 23.2 Å². The molecule has 0 bridgehead atoms. The average molecular weight is 255 g/mol. The van der Waals surface area contributed by atoms with Gasteiger partial charge in [0.15, 0.2) is 0 Å². The van der Waals surface area contributed by atoms with Crippen molar-refractivity contribution in [3.8, 4) is 0 Å². The van der Waals surface area contributed by atoms with Gasteiger partial charge in [-0.05, 0) is 6.92 Å². The Bertz CT molecular complexity index is 450. The van der Waals surface area contributed by atoms with E-state index in [1.165, 1.54) is 0 Å². The number of carbonyl (C=O) groups excluding carboxylic acids is 1. The number of hydrazine groups is 1. The second-order valence-corrected chi connectivity index (χ2v) is 3.13. The number of nitrogens with two attached hydrogens (primary N) is 1. The Balaban J connectivity index is 2.88. The lowest BCUT2D eigenvalue weighted by Gasteiger charge is -2.07. The minimum absolute atomic E-state index is 0.0748. The molecule has 1 aromatic heterocycles. The zero-order chi connectivity index (χ0) is 13.5. The molecule has 1 heterocycles. The molecular formula is C8H13N7O3. The molecule has 0 aliphatic heterocycles. The van der Waals surface area contributed by atoms with Gasteiger partial charge in [0, 0.05) is 6.54 Å². The SMILES string of the molecule is CCNC(=O)CNc1ncnc(NN)c1[N+](=O)[O-]. The van der Waals surface area contributed by atoms with E-state index in [2.05, 4.69) is 26.0 Å². The number of rotatable bonds is 6. The number of hydrogen-bond acceptors (Lipinski definition) is 8. The number of anilines is 2. The third-order valence-corrected chi connectivity index (χ3v) is 1.93. The van der Waals surface area contributed by atoms with Gasteiger partial charge in [-0.1, -0.05) is 0 Å². The number of hydrogen-bond donors (Lipinski definition) is 4. The lowest BCUT2D eigenvalue weighted by atomic mass is 10.4. The van der Waals surface area contributed by atoms with E-state index in [9.17, 15) is 14.9 Å². The third kappa shape index (κ3) is 3.25. The van der Waals surface area contributed by atoms with Crippen LogP contribution in [0.3, 0.4) is 0 Å². The first-order chi connectivity index (χ1) is 8.60. The number of likely N-dealkylation sites (N-methyl/N-ethyl adjacent to an activating group) is 1. The zero-order valence-electron chi connectivity index (χ0n) is 9.64. The van der Waals surface area contributed by atoms with Crippen LogP contribution in [0.2, 0.25) is 0 Å². The molecule has 0 aliphatic rings. The summed E-state index contributed by atoms with van der Waals surface area (Å²) in [6.45, 7) is 2.11. The van der Waals surface area contributed by atoms with Crippen LogP contribution in [0.25, 0.3) is 0 Å². The van der Waals surface area contributed by atoms with E-state index in [-0.39, 0.29) is 24.1 Å². The smallest absolute Gasteiger partial charge is 0.354 e. The van der Waals surface area contributed by atoms with Gasteiger partial charge >= 0.3 is 5.69 Å². The van der Waals surface area contributed by atoms with E-state index in [1.54, 1.807) is 6.92 Å². The Kier molecular flexibility index (Phi) is 4.75. The van der Waals surface area contributed by atoms with Gasteiger partial charge in [0.2, 0.25) is 17.5 Å². The molecular weight excluding hydrogens is 242 g/mol. The molecule has 98 valence electrons. The molecule has 1 amide bonds. The second kappa shape index (κ2) is 6.30. The van der Waals surface area contributed by atoms with Crippen LogP contribution in [0.5, 0.6) is 0 Å². The molecule has 5 N–H and O–H groups in total. The highest BCUT2D eigenvalue weighted by molar-refractivity contribution is 5.81. The average Bonchev–Trinajstić information content (AvgIpc) is 2.35. The monoisotopic (exact) mass is 255 g/mol. The first-order valence-corrected chi connectivity index (χ1v) is 5.06. The standard InChI is InChI=1S/C8H13N7O3/c1-2-10-5(16)3-11-7-6(15(17)18)8(14-9)13-4-12-7/h4H,2-3,9H2,1H3,(H,10,16)(H2,11,12,13,14). The van der Waals surface area contributed by atoms with Crippen LogP contribution < -0.4 is 21.9 Å². The van der Waals surface area contributed by atoms with Gasteiger partial charge < -0.3 is 16.1 Å². The highest BCUT2D eigenvalue weighted by Gasteiger charge is 2.22. The summed E-state index contributed by atoms with van der Waals surface area (Å²) in [6.07, 6.45) is 1.10. The number of nitro groups is 1. The zero-order valence-corrected chi connectivity index (χ0v) is 9.64. The number of nitrogen functional groups attached to an aromatic ring is 1. The molecule has 0 spiro atoms. The predicted octanol–water partition coefficient (Wildman–Crippen LogP) is -0.782. The maximum atomic E-state index is 11.2. The van der Waals surface area contributed by atoms with Crippen molar-refractivity contribution in [2.45, 2.75) is 6.92 Å². The Morgan fingerprint density at radius 1 is 1.50 bits per heavy atom. The van der Waals surface area contributed by atoms with Gasteiger partial charge in [-0.15, -0.1) is 0 Å². The Labute approximate surface area is 102 Å². The fourth-order valence-corrected chi connectivity index (χ4v) is 1.21. The van der Waals surface area contributed by atoms with E-state index < -0.39 is 10.6 Å². The van der Waals surface area contributed by atoms with Gasteiger partial charge in [0.05, 0.1) is 11.5 Å². The van der Waals surface area contributed by atoms with E-state index >= 15 is 0 Å². The molecule has 0 saturated heterocycles. The van der Waals surface area contributed by atoms with Crippen LogP contribution in [0.4, 0.5) is 17.3 Å². The van der Waals surface area contributed by atoms with E-state index in [0.717, 1.165) is 6.33 Å². The van der Waals surface area contributed by atoms with Crippen LogP contribution in [0, 0.1) is 10.1 Å². The molecule has 0 atom stereocenters. The molecule has 1 aromatic rings. The maximum Gasteiger partial charge on any atom is 0.354 e. The lowest BCUT2D eigenvalue weighted by molar-refractivity contribution is -0.383. The topological polar surface area (TPSA) is 148 Å². The summed E-state index contributed by atoms with van der Waals surface area (Å²) in [6, 6.07) is 0. The van der Waals surface area contributed by atoms with Gasteiger partial charge in [0.1, 0.15) is 6.33 Å². The normalized spacial score (nSPS) is 9.67. The fraction of sp³-hybridized carbons (Fsp3) is 0.375. The van der Waals surface area contributed by atoms with Crippen LogP contribution in [-0.2, 0) is 4.79 Å². The molecule has 0 saturated carbocycles. The summed E-state index contributed by atoms with van der Waals surface area (Å²) >= 11 is 0. The Morgan fingerprint density at radius 3 is 2.72 bits per heavy atom. The van der Waals surface area contributed by atoms with Gasteiger partial charge in [0.25, 0.3) is 0 Å².